The van der Waals surface area contributed by atoms with E-state index in [0.717, 1.165) is 23.9 Å². The van der Waals surface area contributed by atoms with Crippen molar-refractivity contribution in [2.75, 3.05) is 0 Å². The van der Waals surface area contributed by atoms with E-state index in [9.17, 15) is 22.8 Å². The number of amides is 3. The number of carbonyl (C=O) groups excluding carboxylic acids is 2. The minimum atomic E-state index is -4.45. The van der Waals surface area contributed by atoms with Crippen molar-refractivity contribution in [1.29, 1.82) is 0 Å². The molecular weight excluding hydrogens is 357 g/mol. The van der Waals surface area contributed by atoms with E-state index in [1.165, 1.54) is 6.07 Å². The Bertz CT molecular complexity index is 804. The van der Waals surface area contributed by atoms with Gasteiger partial charge in [0.15, 0.2) is 5.16 Å². The van der Waals surface area contributed by atoms with Crippen molar-refractivity contribution < 1.29 is 22.8 Å². The molecule has 25 heavy (non-hydrogen) atoms. The quantitative estimate of drug-likeness (QED) is 0.787. The predicted octanol–water partition coefficient (Wildman–Crippen LogP) is 3.14. The minimum absolute atomic E-state index is 0.349. The SMILES string of the molecule is CCCn1c(S[C@@H](C)C(=O)NC(N)=O)nc2ccc(C(F)(F)F)cc21. The number of hydrogen-bond acceptors (Lipinski definition) is 4. The van der Waals surface area contributed by atoms with Gasteiger partial charge < -0.3 is 10.3 Å². The molecule has 2 aromatic rings. The lowest BCUT2D eigenvalue weighted by molar-refractivity contribution is -0.137. The van der Waals surface area contributed by atoms with Crippen LogP contribution in [-0.4, -0.2) is 26.7 Å². The number of halogens is 3. The molecule has 0 aliphatic rings. The van der Waals surface area contributed by atoms with Crippen LogP contribution in [0.5, 0.6) is 0 Å². The molecule has 0 saturated heterocycles. The fraction of sp³-hybridized carbons (Fsp3) is 0.400. The van der Waals surface area contributed by atoms with Crippen molar-refractivity contribution in [2.45, 2.75) is 43.4 Å². The van der Waals surface area contributed by atoms with Crippen LogP contribution in [0, 0.1) is 0 Å². The summed E-state index contributed by atoms with van der Waals surface area (Å²) in [5, 5.41) is 1.68. The topological polar surface area (TPSA) is 90.0 Å². The monoisotopic (exact) mass is 374 g/mol. The van der Waals surface area contributed by atoms with Gasteiger partial charge in [-0.15, -0.1) is 0 Å². The zero-order chi connectivity index (χ0) is 18.8. The molecule has 0 saturated carbocycles. The third-order valence-corrected chi connectivity index (χ3v) is 4.48. The Morgan fingerprint density at radius 1 is 1.40 bits per heavy atom. The van der Waals surface area contributed by atoms with Crippen LogP contribution < -0.4 is 11.1 Å². The smallest absolute Gasteiger partial charge is 0.351 e. The highest BCUT2D eigenvalue weighted by Crippen LogP contribution is 2.33. The maximum absolute atomic E-state index is 12.9. The molecule has 0 unspecified atom stereocenters. The highest BCUT2D eigenvalue weighted by atomic mass is 32.2. The number of alkyl halides is 3. The van der Waals surface area contributed by atoms with Crippen LogP contribution in [0.1, 0.15) is 25.8 Å². The first-order chi connectivity index (χ1) is 11.6. The number of fused-ring (bicyclic) bond motifs is 1. The normalized spacial score (nSPS) is 13.0. The number of nitrogens with two attached hydrogens (primary N) is 1. The lowest BCUT2D eigenvalue weighted by atomic mass is 10.2. The van der Waals surface area contributed by atoms with Gasteiger partial charge in [0.2, 0.25) is 5.91 Å². The van der Waals surface area contributed by atoms with Gasteiger partial charge >= 0.3 is 12.2 Å². The molecule has 2 rings (SSSR count). The lowest BCUT2D eigenvalue weighted by Gasteiger charge is -2.12. The van der Waals surface area contributed by atoms with E-state index in [1.54, 1.807) is 11.5 Å². The Labute approximate surface area is 146 Å². The second-order valence-electron chi connectivity index (χ2n) is 5.36. The Kier molecular flexibility index (Phi) is 5.61. The predicted molar refractivity (Wildman–Crippen MR) is 88.1 cm³/mol. The number of imidazole rings is 1. The first-order valence-corrected chi connectivity index (χ1v) is 8.36. The third-order valence-electron chi connectivity index (χ3n) is 3.39. The van der Waals surface area contributed by atoms with Gasteiger partial charge in [-0.2, -0.15) is 13.2 Å². The first-order valence-electron chi connectivity index (χ1n) is 7.48. The Balaban J connectivity index is 2.40. The molecule has 3 N–H and O–H groups in total. The van der Waals surface area contributed by atoms with Crippen molar-refractivity contribution in [2.24, 2.45) is 5.73 Å². The Morgan fingerprint density at radius 2 is 2.08 bits per heavy atom. The van der Waals surface area contributed by atoms with Gasteiger partial charge in [-0.25, -0.2) is 9.78 Å². The number of aryl methyl sites for hydroxylation is 1. The van der Waals surface area contributed by atoms with Crippen LogP contribution in [0.2, 0.25) is 0 Å². The van der Waals surface area contributed by atoms with Gasteiger partial charge in [-0.3, -0.25) is 10.1 Å². The maximum atomic E-state index is 12.9. The summed E-state index contributed by atoms with van der Waals surface area (Å²) >= 11 is 1.05. The summed E-state index contributed by atoms with van der Waals surface area (Å²) in [6.45, 7) is 3.89. The summed E-state index contributed by atoms with van der Waals surface area (Å²) in [5.74, 6) is -0.594. The number of primary amides is 1. The maximum Gasteiger partial charge on any atom is 0.416 e. The van der Waals surface area contributed by atoms with Gasteiger partial charge in [0.1, 0.15) is 0 Å². The standard InChI is InChI=1S/C15H17F3N4O2S/c1-3-6-22-11-7-9(15(16,17)18)4-5-10(11)20-14(22)25-8(2)12(23)21-13(19)24/h4-5,7-8H,3,6H2,1-2H3,(H3,19,21,23,24)/t8-/m0/s1. The molecule has 0 bridgehead atoms. The van der Waals surface area contributed by atoms with Crippen LogP contribution in [-0.2, 0) is 17.5 Å². The van der Waals surface area contributed by atoms with Crippen molar-refractivity contribution in [1.82, 2.24) is 14.9 Å². The average molecular weight is 374 g/mol. The minimum Gasteiger partial charge on any atom is -0.351 e. The molecule has 0 spiro atoms. The molecule has 0 fully saturated rings. The highest BCUT2D eigenvalue weighted by molar-refractivity contribution is 8.00. The number of aromatic nitrogens is 2. The summed E-state index contributed by atoms with van der Waals surface area (Å²) < 4.78 is 40.5. The highest BCUT2D eigenvalue weighted by Gasteiger charge is 2.31. The fourth-order valence-electron chi connectivity index (χ4n) is 2.24. The largest absolute Gasteiger partial charge is 0.416 e. The van der Waals surface area contributed by atoms with E-state index in [4.69, 9.17) is 5.73 Å². The first kappa shape index (κ1) is 19.1. The second kappa shape index (κ2) is 7.34. The summed E-state index contributed by atoms with van der Waals surface area (Å²) in [4.78, 5) is 26.9. The second-order valence-corrected chi connectivity index (χ2v) is 6.67. The summed E-state index contributed by atoms with van der Waals surface area (Å²) in [6.07, 6.45) is -3.77. The number of imide groups is 1. The molecule has 136 valence electrons. The molecule has 1 heterocycles. The van der Waals surface area contributed by atoms with Crippen LogP contribution in [0.15, 0.2) is 23.4 Å². The molecule has 6 nitrogen and oxygen atoms in total. The van der Waals surface area contributed by atoms with Crippen molar-refractivity contribution >= 4 is 34.7 Å². The number of hydrogen-bond donors (Lipinski definition) is 2. The van der Waals surface area contributed by atoms with Crippen molar-refractivity contribution in [3.05, 3.63) is 23.8 Å². The Morgan fingerprint density at radius 3 is 2.64 bits per heavy atom. The number of nitrogens with one attached hydrogen (secondary N) is 1. The number of carbonyl (C=O) groups is 2. The van der Waals surface area contributed by atoms with E-state index >= 15 is 0 Å². The number of benzene rings is 1. The molecule has 10 heteroatoms. The summed E-state index contributed by atoms with van der Waals surface area (Å²) in [7, 11) is 0. The molecule has 1 atom stereocenters. The Hall–Kier alpha value is -2.23. The summed E-state index contributed by atoms with van der Waals surface area (Å²) in [6, 6.07) is 2.37. The molecule has 0 radical (unpaired) electrons. The van der Waals surface area contributed by atoms with Crippen LogP contribution in [0.3, 0.4) is 0 Å². The average Bonchev–Trinajstić information content (AvgIpc) is 2.83. The van der Waals surface area contributed by atoms with Gasteiger partial charge in [0, 0.05) is 6.54 Å². The molecule has 1 aromatic carbocycles. The number of urea groups is 1. The van der Waals surface area contributed by atoms with Crippen molar-refractivity contribution in [3.63, 3.8) is 0 Å². The van der Waals surface area contributed by atoms with Crippen LogP contribution in [0.25, 0.3) is 11.0 Å². The van der Waals surface area contributed by atoms with Crippen LogP contribution in [0.4, 0.5) is 18.0 Å². The van der Waals surface area contributed by atoms with Gasteiger partial charge in [0.25, 0.3) is 0 Å². The van der Waals surface area contributed by atoms with Crippen molar-refractivity contribution in [3.8, 4) is 0 Å². The van der Waals surface area contributed by atoms with Crippen LogP contribution >= 0.6 is 11.8 Å². The van der Waals surface area contributed by atoms with Gasteiger partial charge in [-0.1, -0.05) is 18.7 Å². The number of nitrogens with zero attached hydrogens (tertiary/aromatic N) is 2. The van der Waals surface area contributed by atoms with Gasteiger partial charge in [-0.05, 0) is 31.5 Å². The molecule has 0 aliphatic heterocycles. The van der Waals surface area contributed by atoms with E-state index in [1.807, 2.05) is 12.2 Å². The number of rotatable bonds is 5. The fourth-order valence-corrected chi connectivity index (χ4v) is 3.19. The molecule has 3 amide bonds. The summed E-state index contributed by atoms with van der Waals surface area (Å²) in [5.41, 5.74) is 4.91. The zero-order valence-corrected chi connectivity index (χ0v) is 14.4. The van der Waals surface area contributed by atoms with E-state index in [2.05, 4.69) is 4.98 Å². The lowest BCUT2D eigenvalue weighted by Crippen LogP contribution is -2.39. The molecule has 0 aliphatic carbocycles. The van der Waals surface area contributed by atoms with E-state index in [0.29, 0.717) is 29.2 Å². The van der Waals surface area contributed by atoms with Gasteiger partial charge in [0.05, 0.1) is 21.8 Å². The third kappa shape index (κ3) is 4.44. The zero-order valence-electron chi connectivity index (χ0n) is 13.6. The molecular formula is C15H17F3N4O2S. The van der Waals surface area contributed by atoms with E-state index < -0.39 is 28.9 Å². The number of thioether (sulfide) groups is 1. The van der Waals surface area contributed by atoms with E-state index in [-0.39, 0.29) is 0 Å². The molecule has 1 aromatic heterocycles.